The molecule has 0 bridgehead atoms. The van der Waals surface area contributed by atoms with E-state index in [0.717, 1.165) is 0 Å². The number of hydrogen-bond acceptors (Lipinski definition) is 2. The third kappa shape index (κ3) is 2.77. The van der Waals surface area contributed by atoms with Crippen LogP contribution in [0.1, 0.15) is 6.42 Å². The van der Waals surface area contributed by atoms with Gasteiger partial charge in [-0.05, 0) is 6.42 Å². The van der Waals surface area contributed by atoms with Crippen molar-refractivity contribution in [2.45, 2.75) is 12.3 Å². The molecule has 0 saturated heterocycles. The topological polar surface area (TPSA) is 40.5 Å². The van der Waals surface area contributed by atoms with Crippen LogP contribution in [0.4, 0.5) is 8.78 Å². The number of nitrogens with zero attached hydrogens (tertiary/aromatic N) is 1. The van der Waals surface area contributed by atoms with Gasteiger partial charge in [-0.1, -0.05) is 12.2 Å². The molecule has 1 heterocycles. The summed E-state index contributed by atoms with van der Waals surface area (Å²) in [5, 5.41) is 8.18. The van der Waals surface area contributed by atoms with E-state index in [0.29, 0.717) is 19.5 Å². The van der Waals surface area contributed by atoms with Crippen LogP contribution in [-0.2, 0) is 4.79 Å². The molecule has 1 N–H and O–H groups in total. The van der Waals surface area contributed by atoms with Gasteiger partial charge >= 0.3 is 11.9 Å². The zero-order valence-electron chi connectivity index (χ0n) is 7.04. The molecule has 0 fully saturated rings. The summed E-state index contributed by atoms with van der Waals surface area (Å²) in [6.45, 7) is 0.203. The number of carbonyl (C=O) groups is 1. The van der Waals surface area contributed by atoms with Gasteiger partial charge in [-0.15, -0.1) is 0 Å². The molecule has 0 atom stereocenters. The van der Waals surface area contributed by atoms with Crippen LogP contribution in [-0.4, -0.2) is 41.5 Å². The number of halogens is 2. The first-order chi connectivity index (χ1) is 6.02. The zero-order chi connectivity index (χ0) is 9.90. The van der Waals surface area contributed by atoms with Gasteiger partial charge in [0.25, 0.3) is 0 Å². The summed E-state index contributed by atoms with van der Waals surface area (Å²) in [6.07, 6.45) is 4.37. The minimum atomic E-state index is -3.63. The van der Waals surface area contributed by atoms with Crippen LogP contribution in [0.15, 0.2) is 12.2 Å². The molecule has 1 rings (SSSR count). The van der Waals surface area contributed by atoms with Gasteiger partial charge < -0.3 is 5.11 Å². The number of carboxylic acid groups (broad SMARTS) is 1. The summed E-state index contributed by atoms with van der Waals surface area (Å²) in [6, 6.07) is 0. The highest BCUT2D eigenvalue weighted by atomic mass is 19.3. The Morgan fingerprint density at radius 2 is 2.23 bits per heavy atom. The first-order valence-corrected chi connectivity index (χ1v) is 4.01. The molecule has 1 aliphatic rings. The minimum Gasteiger partial charge on any atom is -0.477 e. The van der Waals surface area contributed by atoms with E-state index in [1.807, 2.05) is 6.08 Å². The Hall–Kier alpha value is -0.970. The van der Waals surface area contributed by atoms with Crippen LogP contribution in [0.5, 0.6) is 0 Å². The van der Waals surface area contributed by atoms with Crippen LogP contribution in [0.3, 0.4) is 0 Å². The molecule has 0 aliphatic carbocycles. The Morgan fingerprint density at radius 1 is 1.54 bits per heavy atom. The van der Waals surface area contributed by atoms with Gasteiger partial charge in [0.15, 0.2) is 0 Å². The maximum atomic E-state index is 12.7. The second kappa shape index (κ2) is 3.83. The molecule has 74 valence electrons. The van der Waals surface area contributed by atoms with Crippen LogP contribution < -0.4 is 0 Å². The molecule has 0 aromatic heterocycles. The number of hydrogen-bond donors (Lipinski definition) is 1. The molecule has 0 spiro atoms. The first-order valence-electron chi connectivity index (χ1n) is 4.01. The van der Waals surface area contributed by atoms with Crippen molar-refractivity contribution < 1.29 is 18.7 Å². The Morgan fingerprint density at radius 3 is 2.69 bits per heavy atom. The fourth-order valence-corrected chi connectivity index (χ4v) is 1.18. The number of carboxylic acids is 1. The molecule has 0 amide bonds. The van der Waals surface area contributed by atoms with E-state index in [1.54, 1.807) is 6.08 Å². The van der Waals surface area contributed by atoms with Crippen molar-refractivity contribution >= 4 is 5.97 Å². The second-order valence-electron chi connectivity index (χ2n) is 3.00. The Bertz CT molecular complexity index is 228. The molecule has 0 saturated carbocycles. The summed E-state index contributed by atoms with van der Waals surface area (Å²) in [5.41, 5.74) is 0. The Labute approximate surface area is 74.6 Å². The monoisotopic (exact) mass is 191 g/mol. The number of rotatable bonds is 3. The van der Waals surface area contributed by atoms with Gasteiger partial charge in [0.1, 0.15) is 0 Å². The minimum absolute atomic E-state index is 0.406. The smallest absolute Gasteiger partial charge is 0.375 e. The van der Waals surface area contributed by atoms with Crippen molar-refractivity contribution in [1.82, 2.24) is 4.90 Å². The fourth-order valence-electron chi connectivity index (χ4n) is 1.18. The van der Waals surface area contributed by atoms with Crippen molar-refractivity contribution in [2.24, 2.45) is 0 Å². The summed E-state index contributed by atoms with van der Waals surface area (Å²) in [4.78, 5) is 11.5. The lowest BCUT2D eigenvalue weighted by atomic mass is 10.2. The lowest BCUT2D eigenvalue weighted by Crippen LogP contribution is -2.43. The average Bonchev–Trinajstić information content (AvgIpc) is 2.05. The molecule has 0 radical (unpaired) electrons. The van der Waals surface area contributed by atoms with Gasteiger partial charge in [0.05, 0.1) is 6.54 Å². The quantitative estimate of drug-likeness (QED) is 0.676. The van der Waals surface area contributed by atoms with Crippen LogP contribution in [0.2, 0.25) is 0 Å². The van der Waals surface area contributed by atoms with Gasteiger partial charge in [0, 0.05) is 13.1 Å². The molecule has 0 aromatic carbocycles. The molecule has 0 unspecified atom stereocenters. The predicted octanol–water partition coefficient (Wildman–Crippen LogP) is 0.968. The zero-order valence-corrected chi connectivity index (χ0v) is 7.04. The molecule has 5 heteroatoms. The maximum absolute atomic E-state index is 12.7. The second-order valence-corrected chi connectivity index (χ2v) is 3.00. The molecule has 0 aromatic rings. The highest BCUT2D eigenvalue weighted by molar-refractivity contribution is 5.75. The Kier molecular flexibility index (Phi) is 2.98. The average molecular weight is 191 g/mol. The van der Waals surface area contributed by atoms with Gasteiger partial charge in [-0.3, -0.25) is 4.90 Å². The van der Waals surface area contributed by atoms with Gasteiger partial charge in [0.2, 0.25) is 0 Å². The normalized spacial score (nSPS) is 18.9. The highest BCUT2D eigenvalue weighted by Gasteiger charge is 2.40. The van der Waals surface area contributed by atoms with Gasteiger partial charge in [-0.2, -0.15) is 8.78 Å². The third-order valence-corrected chi connectivity index (χ3v) is 1.88. The lowest BCUT2D eigenvalue weighted by Gasteiger charge is -2.25. The van der Waals surface area contributed by atoms with Crippen molar-refractivity contribution in [3.8, 4) is 0 Å². The summed E-state index contributed by atoms with van der Waals surface area (Å²) < 4.78 is 25.3. The van der Waals surface area contributed by atoms with Crippen molar-refractivity contribution in [2.75, 3.05) is 19.6 Å². The molecular weight excluding hydrogens is 180 g/mol. The van der Waals surface area contributed by atoms with Crippen molar-refractivity contribution in [1.29, 1.82) is 0 Å². The summed E-state index contributed by atoms with van der Waals surface area (Å²) in [5.74, 6) is -5.69. The van der Waals surface area contributed by atoms with Crippen molar-refractivity contribution in [3.63, 3.8) is 0 Å². The van der Waals surface area contributed by atoms with Crippen LogP contribution in [0.25, 0.3) is 0 Å². The first kappa shape index (κ1) is 10.1. The third-order valence-electron chi connectivity index (χ3n) is 1.88. The molecule has 1 aliphatic heterocycles. The standard InChI is InChI=1S/C8H11F2NO2/c9-8(10,7(12)13)6-11-4-2-1-3-5-11/h1-2H,3-6H2,(H,12,13). The largest absolute Gasteiger partial charge is 0.477 e. The summed E-state index contributed by atoms with van der Waals surface area (Å²) in [7, 11) is 0. The van der Waals surface area contributed by atoms with E-state index in [2.05, 4.69) is 0 Å². The molecule has 3 nitrogen and oxygen atoms in total. The molecular formula is C8H11F2NO2. The van der Waals surface area contributed by atoms with E-state index >= 15 is 0 Å². The molecule has 13 heavy (non-hydrogen) atoms. The highest BCUT2D eigenvalue weighted by Crippen LogP contribution is 2.16. The predicted molar refractivity (Wildman–Crippen MR) is 42.8 cm³/mol. The van der Waals surface area contributed by atoms with E-state index in [4.69, 9.17) is 5.11 Å². The van der Waals surface area contributed by atoms with Crippen molar-refractivity contribution in [3.05, 3.63) is 12.2 Å². The number of aliphatic carboxylic acids is 1. The van der Waals surface area contributed by atoms with E-state index < -0.39 is 18.4 Å². The fraction of sp³-hybridized carbons (Fsp3) is 0.625. The van der Waals surface area contributed by atoms with E-state index in [-0.39, 0.29) is 0 Å². The lowest BCUT2D eigenvalue weighted by molar-refractivity contribution is -0.167. The Balaban J connectivity index is 2.47. The number of alkyl halides is 2. The van der Waals surface area contributed by atoms with Crippen LogP contribution in [0, 0.1) is 0 Å². The van der Waals surface area contributed by atoms with E-state index in [1.165, 1.54) is 4.90 Å². The SMILES string of the molecule is O=C(O)C(F)(F)CN1CC=CCC1. The summed E-state index contributed by atoms with van der Waals surface area (Å²) >= 11 is 0. The van der Waals surface area contributed by atoms with Crippen LogP contribution >= 0.6 is 0 Å². The maximum Gasteiger partial charge on any atom is 0.375 e. The van der Waals surface area contributed by atoms with Gasteiger partial charge in [-0.25, -0.2) is 4.79 Å². The van der Waals surface area contributed by atoms with E-state index in [9.17, 15) is 13.6 Å².